The molecule has 0 aliphatic carbocycles. The molecular formula is C42H67BF11N. The highest BCUT2D eigenvalue weighted by atomic mass is 19.4. The molecule has 2 rings (SSSR count). The van der Waals surface area contributed by atoms with Crippen LogP contribution in [-0.2, 0) is 6.18 Å². The lowest BCUT2D eigenvalue weighted by Gasteiger charge is -2.40. The molecule has 0 radical (unpaired) electrons. The van der Waals surface area contributed by atoms with Crippen molar-refractivity contribution < 1.29 is 53.6 Å². The lowest BCUT2D eigenvalue weighted by Crippen LogP contribution is -2.85. The van der Waals surface area contributed by atoms with Crippen LogP contribution in [0.5, 0.6) is 0 Å². The fourth-order valence-corrected chi connectivity index (χ4v) is 7.32. The molecule has 0 aliphatic rings. The average molecular weight is 806 g/mol. The van der Waals surface area contributed by atoms with E-state index in [4.69, 9.17) is 0 Å². The minimum absolute atomic E-state index is 0.00722. The van der Waals surface area contributed by atoms with E-state index in [9.17, 15) is 48.3 Å². The summed E-state index contributed by atoms with van der Waals surface area (Å²) in [4.78, 5) is 0. The minimum atomic E-state index is -5.83. The first-order valence-electron chi connectivity index (χ1n) is 20.7. The van der Waals surface area contributed by atoms with Gasteiger partial charge in [-0.1, -0.05) is 119 Å². The number of hydrogen-bond donors (Lipinski definition) is 1. The van der Waals surface area contributed by atoms with Crippen molar-refractivity contribution in [2.75, 3.05) is 13.1 Å². The number of quaternary nitrogens is 1. The summed E-state index contributed by atoms with van der Waals surface area (Å²) in [7, 11) is 0. The van der Waals surface area contributed by atoms with Crippen molar-refractivity contribution in [1.82, 2.24) is 0 Å². The van der Waals surface area contributed by atoms with Crippen LogP contribution in [0.2, 0.25) is 25.3 Å². The maximum Gasteiger partial charge on any atom is 0.419 e. The highest BCUT2D eigenvalue weighted by molar-refractivity contribution is 6.79. The van der Waals surface area contributed by atoms with Crippen molar-refractivity contribution in [2.45, 2.75) is 177 Å². The Morgan fingerprint density at radius 2 is 0.891 bits per heavy atom. The van der Waals surface area contributed by atoms with E-state index in [2.05, 4.69) is 53.8 Å². The topological polar surface area (TPSA) is 16.6 Å². The summed E-state index contributed by atoms with van der Waals surface area (Å²) in [5, 5.41) is 2.50. The number of nitrogens with two attached hydrogens (primary N) is 1. The molecule has 320 valence electrons. The van der Waals surface area contributed by atoms with E-state index in [1.54, 1.807) is 25.3 Å². The first kappa shape index (κ1) is 52.7. The largest absolute Gasteiger partial charge is 0.419 e. The fourth-order valence-electron chi connectivity index (χ4n) is 7.32. The summed E-state index contributed by atoms with van der Waals surface area (Å²) >= 11 is 0. The summed E-state index contributed by atoms with van der Waals surface area (Å²) in [5.74, 6) is -20.3. The fraction of sp³-hybridized carbons (Fsp3) is 0.714. The quantitative estimate of drug-likeness (QED) is 0.0401. The van der Waals surface area contributed by atoms with Crippen LogP contribution in [0.3, 0.4) is 0 Å². The monoisotopic (exact) mass is 806 g/mol. The van der Waals surface area contributed by atoms with Gasteiger partial charge in [-0.15, -0.1) is 0 Å². The van der Waals surface area contributed by atoms with E-state index < -0.39 is 75.0 Å². The van der Waals surface area contributed by atoms with Gasteiger partial charge in [-0.3, -0.25) is 0 Å². The molecule has 0 amide bonds. The molecule has 2 N–H and O–H groups in total. The zero-order valence-electron chi connectivity index (χ0n) is 34.5. The maximum atomic E-state index is 13.8. The summed E-state index contributed by atoms with van der Waals surface area (Å²) < 4.78 is 146. The van der Waals surface area contributed by atoms with Gasteiger partial charge in [-0.25, -0.2) is 35.1 Å². The van der Waals surface area contributed by atoms with Crippen molar-refractivity contribution in [2.24, 2.45) is 5.92 Å². The van der Waals surface area contributed by atoms with E-state index in [0.29, 0.717) is 6.92 Å². The number of alkyl halides is 3. The third-order valence-corrected chi connectivity index (χ3v) is 10.6. The predicted octanol–water partition coefficient (Wildman–Crippen LogP) is 15.0. The zero-order valence-corrected chi connectivity index (χ0v) is 34.5. The molecular weight excluding hydrogens is 738 g/mol. The van der Waals surface area contributed by atoms with Gasteiger partial charge < -0.3 is 5.32 Å². The number of hydrogen-bond acceptors (Lipinski definition) is 0. The van der Waals surface area contributed by atoms with E-state index in [0.717, 1.165) is 5.92 Å². The highest BCUT2D eigenvalue weighted by Crippen LogP contribution is 2.45. The van der Waals surface area contributed by atoms with E-state index in [1.165, 1.54) is 103 Å². The molecule has 13 heteroatoms. The van der Waals surface area contributed by atoms with Gasteiger partial charge in [0.1, 0.15) is 5.56 Å². The summed E-state index contributed by atoms with van der Waals surface area (Å²) in [5.41, 5.74) is -8.45. The van der Waals surface area contributed by atoms with Crippen LogP contribution >= 0.6 is 0 Å². The second kappa shape index (κ2) is 27.4. The van der Waals surface area contributed by atoms with E-state index in [-0.39, 0.29) is 6.15 Å². The van der Waals surface area contributed by atoms with Crippen LogP contribution in [0.1, 0.15) is 149 Å². The molecule has 0 bridgehead atoms. The van der Waals surface area contributed by atoms with Crippen molar-refractivity contribution in [3.8, 4) is 11.1 Å². The van der Waals surface area contributed by atoms with Gasteiger partial charge in [0.2, 0.25) is 5.82 Å². The molecule has 1 unspecified atom stereocenters. The van der Waals surface area contributed by atoms with Gasteiger partial charge in [0.15, 0.2) is 40.7 Å². The third-order valence-electron chi connectivity index (χ3n) is 10.6. The first-order chi connectivity index (χ1) is 25.9. The molecule has 0 heterocycles. The molecule has 0 aliphatic heterocycles. The Morgan fingerprint density at radius 1 is 0.491 bits per heavy atom. The zero-order chi connectivity index (χ0) is 42.4. The Kier molecular flexibility index (Phi) is 26.2. The molecule has 2 aromatic rings. The highest BCUT2D eigenvalue weighted by Gasteiger charge is 2.43. The number of unbranched alkanes of at least 4 members (excludes halogenated alkanes) is 7. The molecule has 1 atom stereocenters. The average Bonchev–Trinajstić information content (AvgIpc) is 3.15. The van der Waals surface area contributed by atoms with Gasteiger partial charge in [0, 0.05) is 17.6 Å². The molecule has 0 aromatic heterocycles. The van der Waals surface area contributed by atoms with Crippen LogP contribution in [0, 0.1) is 59.4 Å². The second-order valence-corrected chi connectivity index (χ2v) is 15.3. The van der Waals surface area contributed by atoms with Gasteiger partial charge in [0.05, 0.1) is 18.7 Å². The van der Waals surface area contributed by atoms with Gasteiger partial charge >= 0.3 is 6.18 Å². The van der Waals surface area contributed by atoms with Crippen molar-refractivity contribution in [1.29, 1.82) is 0 Å². The summed E-state index contributed by atoms with van der Waals surface area (Å²) in [6.45, 7) is 19.3. The van der Waals surface area contributed by atoms with Gasteiger partial charge in [-0.2, -0.15) is 38.5 Å². The van der Waals surface area contributed by atoms with Crippen LogP contribution in [-0.4, -0.2) is 19.2 Å². The normalized spacial score (nSPS) is 12.3. The van der Waals surface area contributed by atoms with Crippen molar-refractivity contribution >= 4 is 6.15 Å². The predicted molar refractivity (Wildman–Crippen MR) is 206 cm³/mol. The molecule has 55 heavy (non-hydrogen) atoms. The van der Waals surface area contributed by atoms with E-state index >= 15 is 0 Å². The number of halogens is 11. The minimum Gasteiger partial charge on any atom is -0.346 e. The molecule has 0 saturated carbocycles. The Balaban J connectivity index is 0.000000850. The van der Waals surface area contributed by atoms with Gasteiger partial charge in [-0.05, 0) is 31.7 Å². The van der Waals surface area contributed by atoms with Crippen LogP contribution in [0.25, 0.3) is 11.1 Å². The Hall–Kier alpha value is -2.31. The summed E-state index contributed by atoms with van der Waals surface area (Å²) in [6.07, 6.45) is 20.1. The van der Waals surface area contributed by atoms with E-state index in [1.807, 2.05) is 0 Å². The third kappa shape index (κ3) is 17.0. The number of rotatable bonds is 22. The second-order valence-electron chi connectivity index (χ2n) is 15.3. The van der Waals surface area contributed by atoms with Crippen molar-refractivity contribution in [3.05, 3.63) is 57.7 Å². The smallest absolute Gasteiger partial charge is 0.346 e. The molecule has 1 nitrogen and oxygen atoms in total. The van der Waals surface area contributed by atoms with Crippen LogP contribution in [0.15, 0.2) is 0 Å². The Morgan fingerprint density at radius 3 is 1.27 bits per heavy atom. The molecule has 2 aromatic carbocycles. The van der Waals surface area contributed by atoms with Gasteiger partial charge in [0.25, 0.3) is 0 Å². The lowest BCUT2D eigenvalue weighted by molar-refractivity contribution is -0.660. The maximum absolute atomic E-state index is 13.8. The van der Waals surface area contributed by atoms with Crippen LogP contribution < -0.4 is 5.32 Å². The first-order valence-corrected chi connectivity index (χ1v) is 20.7. The van der Waals surface area contributed by atoms with Crippen LogP contribution in [0.4, 0.5) is 48.3 Å². The Labute approximate surface area is 323 Å². The Bertz CT molecular complexity index is 1310. The van der Waals surface area contributed by atoms with Crippen molar-refractivity contribution in [3.63, 3.8) is 0 Å². The molecule has 0 fully saturated rings. The lowest BCUT2D eigenvalue weighted by atomic mass is 9.17. The molecule has 0 spiro atoms. The summed E-state index contributed by atoms with van der Waals surface area (Å²) in [6, 6.07) is 0. The standard InChI is InChI=1S/C16H36B.C14H3F11.C12H27N/c1-5-9-13-17(14-10-6-2,15-11-7-3)16-12-8-4;1-2-3(4-7(16)11(20)13(22)12(21)8(4)17)5(14(23,24)25)9(18)10(19)6(2)15;1-4-6-7-8-10-13-11-12(3)9-5-2/h5-16H2,1-4H3;1H3;12-13H,4-11H2,1-3H3/q-1;;/p+1. The number of benzene rings is 2. The molecule has 0 saturated heterocycles. The SMILES string of the molecule is CCCCCC[NH2+]CC(C)CCC.CCCC[B-](CCCC)(CCCC)CCCC.Cc1c(F)c(F)c(F)c(C(F)(F)F)c1-c1c(F)c(F)c(F)c(F)c1F.